The Morgan fingerprint density at radius 2 is 1.93 bits per heavy atom. The van der Waals surface area contributed by atoms with Crippen LogP contribution in [-0.4, -0.2) is 17.0 Å². The van der Waals surface area contributed by atoms with Crippen LogP contribution in [0.4, 0.5) is 5.69 Å². The summed E-state index contributed by atoms with van der Waals surface area (Å²) >= 11 is 9.39. The van der Waals surface area contributed by atoms with E-state index in [1.54, 1.807) is 36.4 Å². The van der Waals surface area contributed by atoms with Crippen molar-refractivity contribution in [1.29, 1.82) is 0 Å². The summed E-state index contributed by atoms with van der Waals surface area (Å²) in [7, 11) is 0. The molecule has 136 valence electrons. The Morgan fingerprint density at radius 3 is 2.63 bits per heavy atom. The van der Waals surface area contributed by atoms with Gasteiger partial charge in [-0.25, -0.2) is 5.43 Å². The topological polar surface area (TPSA) is 97.7 Å². The van der Waals surface area contributed by atoms with Gasteiger partial charge in [-0.3, -0.25) is 14.9 Å². The summed E-state index contributed by atoms with van der Waals surface area (Å²) < 4.78 is 6.44. The molecule has 0 bridgehead atoms. The average molecular weight is 449 g/mol. The molecule has 3 aromatic rings. The van der Waals surface area contributed by atoms with Crippen molar-refractivity contribution in [2.45, 2.75) is 0 Å². The van der Waals surface area contributed by atoms with Gasteiger partial charge in [0.05, 0.1) is 16.2 Å². The predicted molar refractivity (Wildman–Crippen MR) is 105 cm³/mol. The molecule has 2 aromatic carbocycles. The normalized spacial score (nSPS) is 10.9. The number of hydrogen-bond acceptors (Lipinski definition) is 5. The largest absolute Gasteiger partial charge is 0.455 e. The highest BCUT2D eigenvalue weighted by atomic mass is 79.9. The molecule has 0 aliphatic rings. The van der Waals surface area contributed by atoms with Gasteiger partial charge in [-0.05, 0) is 42.5 Å². The fraction of sp³-hybridized carbons (Fsp3) is 0. The molecular formula is C18H11BrClN3O4. The number of hydrazone groups is 1. The highest BCUT2D eigenvalue weighted by Crippen LogP contribution is 2.32. The third kappa shape index (κ3) is 4.60. The molecule has 1 heterocycles. The Hall–Kier alpha value is -2.97. The first-order valence-electron chi connectivity index (χ1n) is 7.57. The number of amides is 1. The molecule has 9 heteroatoms. The van der Waals surface area contributed by atoms with Crippen LogP contribution in [-0.2, 0) is 0 Å². The molecular weight excluding hydrogens is 438 g/mol. The predicted octanol–water partition coefficient (Wildman–Crippen LogP) is 5.03. The summed E-state index contributed by atoms with van der Waals surface area (Å²) in [4.78, 5) is 22.4. The molecule has 1 aromatic heterocycles. The van der Waals surface area contributed by atoms with Crippen molar-refractivity contribution in [3.05, 3.63) is 85.5 Å². The Morgan fingerprint density at radius 1 is 1.19 bits per heavy atom. The van der Waals surface area contributed by atoms with Gasteiger partial charge in [-0.2, -0.15) is 5.10 Å². The van der Waals surface area contributed by atoms with Crippen molar-refractivity contribution in [3.63, 3.8) is 0 Å². The highest BCUT2D eigenvalue weighted by molar-refractivity contribution is 9.10. The van der Waals surface area contributed by atoms with Gasteiger partial charge in [0.15, 0.2) is 0 Å². The highest BCUT2D eigenvalue weighted by Gasteiger charge is 2.14. The Kier molecular flexibility index (Phi) is 5.68. The lowest BCUT2D eigenvalue weighted by atomic mass is 10.1. The van der Waals surface area contributed by atoms with Gasteiger partial charge in [0, 0.05) is 27.7 Å². The van der Waals surface area contributed by atoms with Crippen LogP contribution in [0.25, 0.3) is 11.3 Å². The van der Waals surface area contributed by atoms with Crippen molar-refractivity contribution >= 4 is 45.3 Å². The fourth-order valence-corrected chi connectivity index (χ4v) is 2.68. The molecule has 3 rings (SSSR count). The average Bonchev–Trinajstić information content (AvgIpc) is 3.11. The molecule has 0 atom stereocenters. The third-order valence-corrected chi connectivity index (χ3v) is 4.38. The van der Waals surface area contributed by atoms with Gasteiger partial charge in [-0.1, -0.05) is 27.5 Å². The van der Waals surface area contributed by atoms with Crippen molar-refractivity contribution in [3.8, 4) is 11.3 Å². The summed E-state index contributed by atoms with van der Waals surface area (Å²) in [5, 5.41) is 15.1. The minimum atomic E-state index is -0.511. The second kappa shape index (κ2) is 8.15. The number of nitro benzene ring substituents is 1. The Bertz CT molecular complexity index is 1030. The van der Waals surface area contributed by atoms with Crippen LogP contribution in [0.15, 0.2) is 68.6 Å². The molecule has 0 spiro atoms. The van der Waals surface area contributed by atoms with Crippen molar-refractivity contribution < 1.29 is 14.1 Å². The van der Waals surface area contributed by atoms with E-state index < -0.39 is 4.92 Å². The Balaban J connectivity index is 1.72. The van der Waals surface area contributed by atoms with Crippen LogP contribution < -0.4 is 5.43 Å². The molecule has 0 unspecified atom stereocenters. The lowest BCUT2D eigenvalue weighted by Crippen LogP contribution is -2.17. The third-order valence-electron chi connectivity index (χ3n) is 3.52. The number of carbonyl (C=O) groups is 1. The van der Waals surface area contributed by atoms with E-state index >= 15 is 0 Å². The minimum absolute atomic E-state index is 0.0946. The molecule has 0 saturated heterocycles. The fourth-order valence-electron chi connectivity index (χ4n) is 2.20. The molecule has 0 fully saturated rings. The summed E-state index contributed by atoms with van der Waals surface area (Å²) in [6.45, 7) is 0. The number of carbonyl (C=O) groups excluding carboxylic acids is 1. The van der Waals surface area contributed by atoms with E-state index in [1.807, 2.05) is 0 Å². The van der Waals surface area contributed by atoms with Gasteiger partial charge in [0.25, 0.3) is 11.6 Å². The Labute approximate surface area is 166 Å². The van der Waals surface area contributed by atoms with E-state index in [-0.39, 0.29) is 11.6 Å². The maximum atomic E-state index is 12.0. The molecule has 7 nitrogen and oxygen atoms in total. The summed E-state index contributed by atoms with van der Waals surface area (Å²) in [6.07, 6.45) is 1.32. The van der Waals surface area contributed by atoms with Gasteiger partial charge in [0.1, 0.15) is 11.5 Å². The number of furan rings is 1. The van der Waals surface area contributed by atoms with Crippen LogP contribution in [0.5, 0.6) is 0 Å². The van der Waals surface area contributed by atoms with Crippen LogP contribution in [0.1, 0.15) is 16.1 Å². The van der Waals surface area contributed by atoms with Crippen molar-refractivity contribution in [1.82, 2.24) is 5.43 Å². The van der Waals surface area contributed by atoms with E-state index in [0.29, 0.717) is 27.7 Å². The van der Waals surface area contributed by atoms with Crippen LogP contribution in [0, 0.1) is 10.1 Å². The molecule has 0 aliphatic carbocycles. The van der Waals surface area contributed by atoms with E-state index in [1.165, 1.54) is 24.4 Å². The van der Waals surface area contributed by atoms with Crippen molar-refractivity contribution in [2.75, 3.05) is 0 Å². The lowest BCUT2D eigenvalue weighted by molar-refractivity contribution is -0.384. The smallest absolute Gasteiger partial charge is 0.271 e. The van der Waals surface area contributed by atoms with Crippen LogP contribution in [0.2, 0.25) is 5.02 Å². The first kappa shape index (κ1) is 18.8. The number of halogens is 2. The number of non-ortho nitro benzene ring substituents is 1. The quantitative estimate of drug-likeness (QED) is 0.336. The van der Waals surface area contributed by atoms with E-state index in [9.17, 15) is 14.9 Å². The molecule has 0 saturated carbocycles. The first-order valence-corrected chi connectivity index (χ1v) is 8.74. The van der Waals surface area contributed by atoms with E-state index in [0.717, 1.165) is 4.47 Å². The van der Waals surface area contributed by atoms with Crippen molar-refractivity contribution in [2.24, 2.45) is 5.10 Å². The first-order chi connectivity index (χ1) is 12.9. The summed E-state index contributed by atoms with van der Waals surface area (Å²) in [5.41, 5.74) is 3.15. The maximum Gasteiger partial charge on any atom is 0.271 e. The lowest BCUT2D eigenvalue weighted by Gasteiger charge is -2.01. The molecule has 1 amide bonds. The monoisotopic (exact) mass is 447 g/mol. The standard InChI is InChI=1S/C18H11BrClN3O4/c19-12-3-1-11(2-4-12)18(24)22-21-10-14-6-8-17(27-14)15-9-13(23(25)26)5-7-16(15)20/h1-10H,(H,22,24). The van der Waals surface area contributed by atoms with Crippen LogP contribution >= 0.6 is 27.5 Å². The number of nitrogens with one attached hydrogen (secondary N) is 1. The van der Waals surface area contributed by atoms with E-state index in [4.69, 9.17) is 16.0 Å². The van der Waals surface area contributed by atoms with Gasteiger partial charge < -0.3 is 4.42 Å². The van der Waals surface area contributed by atoms with E-state index in [2.05, 4.69) is 26.5 Å². The van der Waals surface area contributed by atoms with Gasteiger partial charge in [-0.15, -0.1) is 0 Å². The van der Waals surface area contributed by atoms with Gasteiger partial charge in [0.2, 0.25) is 0 Å². The summed E-state index contributed by atoms with van der Waals surface area (Å²) in [5.74, 6) is 0.334. The molecule has 0 aliphatic heterocycles. The molecule has 1 N–H and O–H groups in total. The van der Waals surface area contributed by atoms with Gasteiger partial charge >= 0.3 is 0 Å². The SMILES string of the molecule is O=C(NN=Cc1ccc(-c2cc([N+](=O)[O-])ccc2Cl)o1)c1ccc(Br)cc1. The summed E-state index contributed by atoms with van der Waals surface area (Å²) in [6, 6.07) is 14.1. The van der Waals surface area contributed by atoms with Crippen LogP contribution in [0.3, 0.4) is 0 Å². The second-order valence-electron chi connectivity index (χ2n) is 5.33. The second-order valence-corrected chi connectivity index (χ2v) is 6.65. The zero-order valence-electron chi connectivity index (χ0n) is 13.6. The number of nitro groups is 1. The zero-order chi connectivity index (χ0) is 19.4. The molecule has 27 heavy (non-hydrogen) atoms. The zero-order valence-corrected chi connectivity index (χ0v) is 15.9. The maximum absolute atomic E-state index is 12.0. The number of benzene rings is 2. The minimum Gasteiger partial charge on any atom is -0.455 e. The number of nitrogens with zero attached hydrogens (tertiary/aromatic N) is 2. The number of hydrogen-bond donors (Lipinski definition) is 1. The number of rotatable bonds is 5. The molecule has 0 radical (unpaired) electrons.